The Bertz CT molecular complexity index is 967. The first-order chi connectivity index (χ1) is 11.6. The summed E-state index contributed by atoms with van der Waals surface area (Å²) >= 11 is 8.62. The molecule has 122 valence electrons. The van der Waals surface area contributed by atoms with Gasteiger partial charge in [0.15, 0.2) is 5.82 Å². The van der Waals surface area contributed by atoms with Crippen molar-refractivity contribution in [2.75, 3.05) is 7.11 Å². The van der Waals surface area contributed by atoms with Crippen LogP contribution < -0.4 is 4.74 Å². The monoisotopic (exact) mass is 406 g/mol. The van der Waals surface area contributed by atoms with Gasteiger partial charge in [0.25, 0.3) is 0 Å². The first-order valence-electron chi connectivity index (χ1n) is 6.90. The maximum absolute atomic E-state index is 13.5. The van der Waals surface area contributed by atoms with Gasteiger partial charge < -0.3 is 4.74 Å². The molecule has 0 saturated heterocycles. The highest BCUT2D eigenvalue weighted by Crippen LogP contribution is 2.22. The highest BCUT2D eigenvalue weighted by Gasteiger charge is 2.09. The molecule has 1 heterocycles. The number of halogens is 2. The zero-order valence-corrected chi connectivity index (χ0v) is 14.9. The number of hydrogen-bond acceptors (Lipinski definition) is 4. The molecule has 3 rings (SSSR count). The quantitative estimate of drug-likeness (QED) is 0.515. The van der Waals surface area contributed by atoms with Crippen LogP contribution >= 0.6 is 28.1 Å². The van der Waals surface area contributed by atoms with E-state index in [0.29, 0.717) is 21.9 Å². The van der Waals surface area contributed by atoms with E-state index in [1.54, 1.807) is 25.5 Å². The van der Waals surface area contributed by atoms with E-state index >= 15 is 0 Å². The second-order valence-electron chi connectivity index (χ2n) is 4.81. The van der Waals surface area contributed by atoms with Crippen molar-refractivity contribution in [2.24, 2.45) is 5.10 Å². The Kier molecular flexibility index (Phi) is 4.86. The summed E-state index contributed by atoms with van der Waals surface area (Å²) in [4.78, 5) is 0. The molecule has 0 aliphatic heterocycles. The Morgan fingerprint density at radius 1 is 1.33 bits per heavy atom. The Morgan fingerprint density at radius 3 is 2.92 bits per heavy atom. The van der Waals surface area contributed by atoms with Crippen LogP contribution in [0.5, 0.6) is 5.75 Å². The van der Waals surface area contributed by atoms with Crippen molar-refractivity contribution >= 4 is 34.4 Å². The maximum Gasteiger partial charge on any atom is 0.216 e. The molecule has 0 fully saturated rings. The van der Waals surface area contributed by atoms with Crippen molar-refractivity contribution in [1.29, 1.82) is 0 Å². The number of ether oxygens (including phenoxy) is 1. The van der Waals surface area contributed by atoms with Crippen LogP contribution in [0.3, 0.4) is 0 Å². The molecule has 1 N–H and O–H groups in total. The predicted molar refractivity (Wildman–Crippen MR) is 96.5 cm³/mol. The van der Waals surface area contributed by atoms with Crippen LogP contribution in [0.25, 0.3) is 11.4 Å². The molecule has 0 saturated carbocycles. The molecule has 0 atom stereocenters. The molecule has 0 unspecified atom stereocenters. The molecule has 3 aromatic rings. The minimum atomic E-state index is -0.356. The molecule has 8 heteroatoms. The maximum atomic E-state index is 13.5. The van der Waals surface area contributed by atoms with Crippen molar-refractivity contribution in [2.45, 2.75) is 0 Å². The Balaban J connectivity index is 2.04. The number of aromatic nitrogens is 3. The second-order valence-corrected chi connectivity index (χ2v) is 6.11. The zero-order valence-electron chi connectivity index (χ0n) is 12.5. The van der Waals surface area contributed by atoms with E-state index in [4.69, 9.17) is 17.0 Å². The molecular weight excluding hydrogens is 395 g/mol. The van der Waals surface area contributed by atoms with Gasteiger partial charge in [-0.1, -0.05) is 28.1 Å². The van der Waals surface area contributed by atoms with Crippen LogP contribution in [0.15, 0.2) is 52.0 Å². The molecule has 1 aromatic heterocycles. The van der Waals surface area contributed by atoms with Gasteiger partial charge in [-0.15, -0.1) is 0 Å². The van der Waals surface area contributed by atoms with Crippen molar-refractivity contribution in [3.8, 4) is 17.1 Å². The third-order valence-electron chi connectivity index (χ3n) is 3.24. The fourth-order valence-corrected chi connectivity index (χ4v) is 2.70. The second kappa shape index (κ2) is 7.06. The van der Waals surface area contributed by atoms with E-state index in [1.165, 1.54) is 16.8 Å². The predicted octanol–water partition coefficient (Wildman–Crippen LogP) is 4.40. The number of H-pyrrole nitrogens is 1. The molecule has 2 aromatic carbocycles. The standard InChI is InChI=1S/C16H12BrFN4OS/c1-23-14-6-5-12(17)7-11(14)9-19-22-15(20-21-16(22)24)10-3-2-4-13(18)8-10/h2-9H,1H3,(H,21,24)/b19-9-. The number of aromatic amines is 1. The highest BCUT2D eigenvalue weighted by atomic mass is 79.9. The largest absolute Gasteiger partial charge is 0.496 e. The fourth-order valence-electron chi connectivity index (χ4n) is 2.14. The molecule has 0 radical (unpaired) electrons. The lowest BCUT2D eigenvalue weighted by atomic mass is 10.2. The minimum absolute atomic E-state index is 0.305. The molecule has 0 aliphatic rings. The van der Waals surface area contributed by atoms with E-state index in [9.17, 15) is 4.39 Å². The van der Waals surface area contributed by atoms with E-state index < -0.39 is 0 Å². The number of nitrogens with zero attached hydrogens (tertiary/aromatic N) is 3. The summed E-state index contributed by atoms with van der Waals surface area (Å²) in [5.41, 5.74) is 1.33. The van der Waals surface area contributed by atoms with Crippen LogP contribution in [0.1, 0.15) is 5.56 Å². The Hall–Kier alpha value is -2.32. The summed E-state index contributed by atoms with van der Waals surface area (Å²) in [6.07, 6.45) is 1.61. The number of benzene rings is 2. The minimum Gasteiger partial charge on any atom is -0.496 e. The van der Waals surface area contributed by atoms with Gasteiger partial charge in [-0.25, -0.2) is 9.49 Å². The van der Waals surface area contributed by atoms with Gasteiger partial charge >= 0.3 is 0 Å². The normalized spacial score (nSPS) is 11.1. The van der Waals surface area contributed by atoms with Gasteiger partial charge in [0, 0.05) is 15.6 Å². The van der Waals surface area contributed by atoms with Gasteiger partial charge in [-0.3, -0.25) is 0 Å². The van der Waals surface area contributed by atoms with Crippen LogP contribution in [-0.2, 0) is 0 Å². The molecule has 0 bridgehead atoms. The lowest BCUT2D eigenvalue weighted by Gasteiger charge is -2.05. The van der Waals surface area contributed by atoms with Gasteiger partial charge in [-0.05, 0) is 42.5 Å². The van der Waals surface area contributed by atoms with Gasteiger partial charge in [0.2, 0.25) is 4.77 Å². The third kappa shape index (κ3) is 3.44. The molecule has 24 heavy (non-hydrogen) atoms. The van der Waals surface area contributed by atoms with Crippen molar-refractivity contribution in [1.82, 2.24) is 14.9 Å². The number of methoxy groups -OCH3 is 1. The van der Waals surface area contributed by atoms with Crippen molar-refractivity contribution < 1.29 is 9.13 Å². The summed E-state index contributed by atoms with van der Waals surface area (Å²) in [5, 5.41) is 11.2. The number of hydrogen-bond donors (Lipinski definition) is 1. The molecule has 5 nitrogen and oxygen atoms in total. The average molecular weight is 407 g/mol. The number of nitrogens with one attached hydrogen (secondary N) is 1. The van der Waals surface area contributed by atoms with Crippen LogP contribution in [-0.4, -0.2) is 28.2 Å². The molecule has 0 amide bonds. The lowest BCUT2D eigenvalue weighted by Crippen LogP contribution is -1.97. The first-order valence-corrected chi connectivity index (χ1v) is 8.10. The zero-order chi connectivity index (χ0) is 17.1. The summed E-state index contributed by atoms with van der Waals surface area (Å²) in [5.74, 6) is 0.736. The van der Waals surface area contributed by atoms with Crippen LogP contribution in [0.4, 0.5) is 4.39 Å². The van der Waals surface area contributed by atoms with Gasteiger partial charge in [-0.2, -0.15) is 14.9 Å². The van der Waals surface area contributed by atoms with Gasteiger partial charge in [0.1, 0.15) is 11.6 Å². The average Bonchev–Trinajstić information content (AvgIpc) is 2.94. The third-order valence-corrected chi connectivity index (χ3v) is 3.99. The Morgan fingerprint density at radius 2 is 2.17 bits per heavy atom. The highest BCUT2D eigenvalue weighted by molar-refractivity contribution is 9.10. The Labute approximate surface area is 150 Å². The van der Waals surface area contributed by atoms with E-state index in [0.717, 1.165) is 10.0 Å². The van der Waals surface area contributed by atoms with Crippen LogP contribution in [0.2, 0.25) is 0 Å². The van der Waals surface area contributed by atoms with E-state index in [2.05, 4.69) is 31.2 Å². The van der Waals surface area contributed by atoms with E-state index in [-0.39, 0.29) is 5.82 Å². The summed E-state index contributed by atoms with van der Waals surface area (Å²) in [7, 11) is 1.59. The summed E-state index contributed by atoms with van der Waals surface area (Å²) in [6, 6.07) is 11.6. The van der Waals surface area contributed by atoms with Crippen molar-refractivity contribution in [3.63, 3.8) is 0 Å². The van der Waals surface area contributed by atoms with E-state index in [1.807, 2.05) is 18.2 Å². The smallest absolute Gasteiger partial charge is 0.216 e. The lowest BCUT2D eigenvalue weighted by molar-refractivity contribution is 0.414. The summed E-state index contributed by atoms with van der Waals surface area (Å²) < 4.78 is 21.4. The SMILES string of the molecule is COc1ccc(Br)cc1/C=N\n1c(-c2cccc(F)c2)n[nH]c1=S. The van der Waals surface area contributed by atoms with Crippen molar-refractivity contribution in [3.05, 3.63) is 63.1 Å². The first kappa shape index (κ1) is 16.5. The van der Waals surface area contributed by atoms with Crippen LogP contribution in [0, 0.1) is 10.6 Å². The van der Waals surface area contributed by atoms with Gasteiger partial charge in [0.05, 0.1) is 13.3 Å². The molecule has 0 spiro atoms. The summed E-state index contributed by atoms with van der Waals surface area (Å²) in [6.45, 7) is 0. The molecular formula is C16H12BrFN4OS. The topological polar surface area (TPSA) is 55.2 Å². The fraction of sp³-hybridized carbons (Fsp3) is 0.0625. The molecule has 0 aliphatic carbocycles. The number of rotatable bonds is 4.